The van der Waals surface area contributed by atoms with Crippen molar-refractivity contribution >= 4 is 45.1 Å². The Hall–Kier alpha value is -1.03. The second kappa shape index (κ2) is 5.31. The van der Waals surface area contributed by atoms with Gasteiger partial charge in [-0.05, 0) is 51.8 Å². The summed E-state index contributed by atoms with van der Waals surface area (Å²) in [5, 5.41) is 10.1. The second-order valence-electron chi connectivity index (χ2n) is 3.62. The number of carboxylic acid groups (broad SMARTS) is 1. The van der Waals surface area contributed by atoms with Crippen molar-refractivity contribution in [2.24, 2.45) is 0 Å². The molecule has 0 unspecified atom stereocenters. The summed E-state index contributed by atoms with van der Waals surface area (Å²) in [6, 6.07) is 10.1. The van der Waals surface area contributed by atoms with E-state index in [1.165, 1.54) is 0 Å². The highest BCUT2D eigenvalue weighted by Gasteiger charge is 2.11. The van der Waals surface area contributed by atoms with Crippen LogP contribution in [0.25, 0.3) is 11.1 Å². The van der Waals surface area contributed by atoms with Crippen molar-refractivity contribution in [1.82, 2.24) is 0 Å². The summed E-state index contributed by atoms with van der Waals surface area (Å²) in [6.07, 6.45) is 0. The third-order valence-electron chi connectivity index (χ3n) is 2.44. The van der Waals surface area contributed by atoms with E-state index in [0.717, 1.165) is 0 Å². The van der Waals surface area contributed by atoms with Gasteiger partial charge in [0, 0.05) is 20.1 Å². The number of carboxylic acids is 1. The quantitative estimate of drug-likeness (QED) is 0.820. The second-order valence-corrected chi connectivity index (χ2v) is 5.32. The van der Waals surface area contributed by atoms with Crippen LogP contribution in [0.2, 0.25) is 10.0 Å². The molecule has 5 heteroatoms. The van der Waals surface area contributed by atoms with Gasteiger partial charge in [0.2, 0.25) is 0 Å². The van der Waals surface area contributed by atoms with Gasteiger partial charge in [-0.2, -0.15) is 0 Å². The van der Waals surface area contributed by atoms with E-state index >= 15 is 0 Å². The molecule has 0 bridgehead atoms. The van der Waals surface area contributed by atoms with Crippen LogP contribution in [0.4, 0.5) is 0 Å². The molecule has 1 N–H and O–H groups in total. The molecule has 2 rings (SSSR count). The van der Waals surface area contributed by atoms with Gasteiger partial charge in [0.1, 0.15) is 0 Å². The van der Waals surface area contributed by atoms with E-state index in [-0.39, 0.29) is 5.56 Å². The smallest absolute Gasteiger partial charge is 0.336 e. The van der Waals surface area contributed by atoms with E-state index in [2.05, 4.69) is 15.9 Å². The van der Waals surface area contributed by atoms with E-state index in [1.54, 1.807) is 36.4 Å². The third kappa shape index (κ3) is 2.69. The largest absolute Gasteiger partial charge is 0.478 e. The van der Waals surface area contributed by atoms with Gasteiger partial charge in [-0.15, -0.1) is 0 Å². The van der Waals surface area contributed by atoms with Crippen molar-refractivity contribution in [1.29, 1.82) is 0 Å². The number of carbonyl (C=O) groups is 1. The van der Waals surface area contributed by atoms with Gasteiger partial charge < -0.3 is 5.11 Å². The van der Waals surface area contributed by atoms with E-state index < -0.39 is 5.97 Å². The molecule has 2 aromatic carbocycles. The SMILES string of the molecule is O=C(O)c1cc(-c2cc(Cl)ccc2Cl)ccc1Br. The van der Waals surface area contributed by atoms with E-state index in [4.69, 9.17) is 28.3 Å². The number of halogens is 3. The third-order valence-corrected chi connectivity index (χ3v) is 3.69. The van der Waals surface area contributed by atoms with Crippen molar-refractivity contribution in [3.63, 3.8) is 0 Å². The molecule has 0 fully saturated rings. The summed E-state index contributed by atoms with van der Waals surface area (Å²) in [4.78, 5) is 11.1. The Bertz CT molecular complexity index is 626. The zero-order valence-corrected chi connectivity index (χ0v) is 12.1. The van der Waals surface area contributed by atoms with E-state index in [0.29, 0.717) is 25.6 Å². The van der Waals surface area contributed by atoms with Crippen LogP contribution in [0, 0.1) is 0 Å². The van der Waals surface area contributed by atoms with Crippen molar-refractivity contribution in [2.75, 3.05) is 0 Å². The van der Waals surface area contributed by atoms with Gasteiger partial charge in [0.15, 0.2) is 0 Å². The summed E-state index contributed by atoms with van der Waals surface area (Å²) in [6.45, 7) is 0. The van der Waals surface area contributed by atoms with Gasteiger partial charge in [0.25, 0.3) is 0 Å². The molecule has 0 atom stereocenters. The topological polar surface area (TPSA) is 37.3 Å². The minimum Gasteiger partial charge on any atom is -0.478 e. The lowest BCUT2D eigenvalue weighted by Gasteiger charge is -2.07. The zero-order valence-electron chi connectivity index (χ0n) is 8.95. The molecule has 92 valence electrons. The fourth-order valence-electron chi connectivity index (χ4n) is 1.58. The van der Waals surface area contributed by atoms with Crippen LogP contribution in [0.1, 0.15) is 10.4 Å². The lowest BCUT2D eigenvalue weighted by molar-refractivity contribution is 0.0696. The Morgan fingerprint density at radius 2 is 1.83 bits per heavy atom. The van der Waals surface area contributed by atoms with Crippen LogP contribution in [-0.4, -0.2) is 11.1 Å². The molecule has 0 amide bonds. The van der Waals surface area contributed by atoms with Crippen LogP contribution in [0.5, 0.6) is 0 Å². The fraction of sp³-hybridized carbons (Fsp3) is 0. The first-order valence-corrected chi connectivity index (χ1v) is 6.52. The molecule has 0 aliphatic rings. The summed E-state index contributed by atoms with van der Waals surface area (Å²) in [5.41, 5.74) is 1.60. The Morgan fingerprint density at radius 1 is 1.11 bits per heavy atom. The maximum absolute atomic E-state index is 11.1. The van der Waals surface area contributed by atoms with Crippen LogP contribution in [0.3, 0.4) is 0 Å². The van der Waals surface area contributed by atoms with E-state index in [1.807, 2.05) is 0 Å². The number of rotatable bonds is 2. The minimum absolute atomic E-state index is 0.184. The van der Waals surface area contributed by atoms with Crippen LogP contribution >= 0.6 is 39.1 Å². The first-order chi connectivity index (χ1) is 8.49. The first kappa shape index (κ1) is 13.4. The molecule has 0 radical (unpaired) electrons. The lowest BCUT2D eigenvalue weighted by Crippen LogP contribution is -1.98. The summed E-state index contributed by atoms with van der Waals surface area (Å²) < 4.78 is 0.525. The van der Waals surface area contributed by atoms with Gasteiger partial charge in [0.05, 0.1) is 5.56 Å². The summed E-state index contributed by atoms with van der Waals surface area (Å²) in [5.74, 6) is -0.998. The highest BCUT2D eigenvalue weighted by molar-refractivity contribution is 9.10. The summed E-state index contributed by atoms with van der Waals surface area (Å²) >= 11 is 15.2. The number of hydrogen-bond donors (Lipinski definition) is 1. The average Bonchev–Trinajstić information content (AvgIpc) is 2.33. The molecule has 0 spiro atoms. The molecule has 0 aliphatic heterocycles. The Kier molecular flexibility index (Phi) is 3.95. The van der Waals surface area contributed by atoms with Gasteiger partial charge in [-0.1, -0.05) is 29.3 Å². The van der Waals surface area contributed by atoms with E-state index in [9.17, 15) is 4.79 Å². The molecule has 18 heavy (non-hydrogen) atoms. The van der Waals surface area contributed by atoms with Crippen LogP contribution in [0.15, 0.2) is 40.9 Å². The predicted molar refractivity (Wildman–Crippen MR) is 76.6 cm³/mol. The van der Waals surface area contributed by atoms with Crippen molar-refractivity contribution in [3.05, 3.63) is 56.5 Å². The Morgan fingerprint density at radius 3 is 2.50 bits per heavy atom. The molecular weight excluding hydrogens is 339 g/mol. The highest BCUT2D eigenvalue weighted by Crippen LogP contribution is 2.32. The average molecular weight is 346 g/mol. The van der Waals surface area contributed by atoms with Crippen molar-refractivity contribution in [3.8, 4) is 11.1 Å². The molecule has 0 aliphatic carbocycles. The molecule has 0 aromatic heterocycles. The predicted octanol–water partition coefficient (Wildman–Crippen LogP) is 5.12. The Balaban J connectivity index is 2.61. The minimum atomic E-state index is -0.998. The normalized spacial score (nSPS) is 10.4. The molecular formula is C13H7BrCl2O2. The molecule has 2 nitrogen and oxygen atoms in total. The van der Waals surface area contributed by atoms with Crippen LogP contribution < -0.4 is 0 Å². The fourth-order valence-corrected chi connectivity index (χ4v) is 2.39. The standard InChI is InChI=1S/C13H7BrCl2O2/c14-11-3-1-7(5-10(11)13(17)18)9-6-8(15)2-4-12(9)16/h1-6H,(H,17,18). The maximum Gasteiger partial charge on any atom is 0.336 e. The van der Waals surface area contributed by atoms with Crippen molar-refractivity contribution in [2.45, 2.75) is 0 Å². The first-order valence-electron chi connectivity index (χ1n) is 4.97. The lowest BCUT2D eigenvalue weighted by atomic mass is 10.0. The molecule has 0 saturated heterocycles. The molecule has 0 saturated carbocycles. The summed E-state index contributed by atoms with van der Waals surface area (Å²) in [7, 11) is 0. The number of aromatic carboxylic acids is 1. The van der Waals surface area contributed by atoms with Gasteiger partial charge in [-0.3, -0.25) is 0 Å². The number of hydrogen-bond acceptors (Lipinski definition) is 1. The Labute approximate surface area is 122 Å². The van der Waals surface area contributed by atoms with Gasteiger partial charge in [-0.25, -0.2) is 4.79 Å². The zero-order chi connectivity index (χ0) is 13.3. The monoisotopic (exact) mass is 344 g/mol. The highest BCUT2D eigenvalue weighted by atomic mass is 79.9. The van der Waals surface area contributed by atoms with Crippen LogP contribution in [-0.2, 0) is 0 Å². The van der Waals surface area contributed by atoms with Crippen molar-refractivity contribution < 1.29 is 9.90 Å². The maximum atomic E-state index is 11.1. The van der Waals surface area contributed by atoms with Gasteiger partial charge >= 0.3 is 5.97 Å². The molecule has 2 aromatic rings. The molecule has 0 heterocycles. The number of benzene rings is 2.